The van der Waals surface area contributed by atoms with Crippen molar-refractivity contribution in [2.24, 2.45) is 11.8 Å². The zero-order valence-electron chi connectivity index (χ0n) is 11.9. The molecule has 2 fully saturated rings. The van der Waals surface area contributed by atoms with Crippen LogP contribution < -0.4 is 5.32 Å². The Labute approximate surface area is 116 Å². The first-order valence-electron chi connectivity index (χ1n) is 8.18. The van der Waals surface area contributed by atoms with Crippen LogP contribution in [0.4, 0.5) is 0 Å². The third-order valence-electron chi connectivity index (χ3n) is 5.44. The number of hydrogen-bond donors (Lipinski definition) is 1. The zero-order chi connectivity index (χ0) is 12.8. The van der Waals surface area contributed by atoms with Crippen molar-refractivity contribution in [1.29, 1.82) is 0 Å². The summed E-state index contributed by atoms with van der Waals surface area (Å²) in [7, 11) is 0. The standard InChI is InChI=1S/C18H25N/c1-12-6-11-17(16-5-3-2-4-15(12)16)19-18(13-7-8-13)14-9-10-14/h2-5,12-14,17-19H,6-11H2,1H3. The Morgan fingerprint density at radius 2 is 1.53 bits per heavy atom. The van der Waals surface area contributed by atoms with Gasteiger partial charge in [-0.2, -0.15) is 0 Å². The van der Waals surface area contributed by atoms with E-state index in [-0.39, 0.29) is 0 Å². The molecule has 0 radical (unpaired) electrons. The molecule has 2 unspecified atom stereocenters. The van der Waals surface area contributed by atoms with E-state index < -0.39 is 0 Å². The highest BCUT2D eigenvalue weighted by Gasteiger charge is 2.42. The molecule has 2 atom stereocenters. The quantitative estimate of drug-likeness (QED) is 0.840. The molecule has 0 saturated heterocycles. The largest absolute Gasteiger partial charge is 0.307 e. The molecule has 0 aliphatic heterocycles. The first-order valence-corrected chi connectivity index (χ1v) is 8.18. The van der Waals surface area contributed by atoms with E-state index in [2.05, 4.69) is 36.5 Å². The minimum absolute atomic E-state index is 0.624. The maximum atomic E-state index is 4.06. The van der Waals surface area contributed by atoms with Crippen molar-refractivity contribution in [3.05, 3.63) is 35.4 Å². The molecule has 3 aliphatic rings. The smallest absolute Gasteiger partial charge is 0.0325 e. The number of fused-ring (bicyclic) bond motifs is 1. The number of rotatable bonds is 4. The molecule has 0 spiro atoms. The van der Waals surface area contributed by atoms with Crippen molar-refractivity contribution in [3.8, 4) is 0 Å². The average Bonchev–Trinajstić information content (AvgIpc) is 3.30. The lowest BCUT2D eigenvalue weighted by molar-refractivity contribution is 0.332. The Morgan fingerprint density at radius 3 is 2.16 bits per heavy atom. The van der Waals surface area contributed by atoms with Crippen LogP contribution in [0.2, 0.25) is 0 Å². The Balaban J connectivity index is 1.56. The highest BCUT2D eigenvalue weighted by atomic mass is 15.0. The van der Waals surface area contributed by atoms with Crippen LogP contribution in [0.25, 0.3) is 0 Å². The van der Waals surface area contributed by atoms with Crippen LogP contribution in [-0.4, -0.2) is 6.04 Å². The molecule has 1 nitrogen and oxygen atoms in total. The van der Waals surface area contributed by atoms with E-state index in [4.69, 9.17) is 0 Å². The highest BCUT2D eigenvalue weighted by molar-refractivity contribution is 5.35. The van der Waals surface area contributed by atoms with Gasteiger partial charge in [0.1, 0.15) is 0 Å². The van der Waals surface area contributed by atoms with E-state index in [1.165, 1.54) is 38.5 Å². The molecule has 19 heavy (non-hydrogen) atoms. The average molecular weight is 255 g/mol. The molecule has 1 heteroatoms. The summed E-state index contributed by atoms with van der Waals surface area (Å²) in [5.74, 6) is 2.74. The van der Waals surface area contributed by atoms with Crippen molar-refractivity contribution in [2.75, 3.05) is 0 Å². The first-order chi connectivity index (χ1) is 9.33. The molecular formula is C18H25N. The third kappa shape index (κ3) is 2.33. The topological polar surface area (TPSA) is 12.0 Å². The van der Waals surface area contributed by atoms with Gasteiger partial charge in [0.2, 0.25) is 0 Å². The summed E-state index contributed by atoms with van der Waals surface area (Å²) in [4.78, 5) is 0. The second kappa shape index (κ2) is 4.63. The summed E-state index contributed by atoms with van der Waals surface area (Å²) >= 11 is 0. The van der Waals surface area contributed by atoms with Crippen LogP contribution in [0.1, 0.15) is 68.5 Å². The van der Waals surface area contributed by atoms with Gasteiger partial charge in [0.25, 0.3) is 0 Å². The summed E-state index contributed by atoms with van der Waals surface area (Å²) in [5, 5.41) is 4.06. The summed E-state index contributed by atoms with van der Waals surface area (Å²) in [5.41, 5.74) is 3.18. The molecule has 102 valence electrons. The molecule has 1 aromatic rings. The van der Waals surface area contributed by atoms with Crippen molar-refractivity contribution in [2.45, 2.75) is 63.5 Å². The molecule has 1 N–H and O–H groups in total. The normalized spacial score (nSPS) is 30.4. The van der Waals surface area contributed by atoms with E-state index in [0.29, 0.717) is 6.04 Å². The molecule has 0 bridgehead atoms. The third-order valence-corrected chi connectivity index (χ3v) is 5.44. The molecule has 3 aliphatic carbocycles. The first kappa shape index (κ1) is 12.0. The molecule has 4 rings (SSSR count). The fourth-order valence-electron chi connectivity index (χ4n) is 3.98. The summed E-state index contributed by atoms with van der Waals surface area (Å²) in [6, 6.07) is 10.6. The van der Waals surface area contributed by atoms with Gasteiger partial charge in [0, 0.05) is 12.1 Å². The number of hydrogen-bond acceptors (Lipinski definition) is 1. The molecule has 2 saturated carbocycles. The van der Waals surface area contributed by atoms with Crippen LogP contribution in [0, 0.1) is 11.8 Å². The lowest BCUT2D eigenvalue weighted by Crippen LogP contribution is -2.38. The second-order valence-corrected chi connectivity index (χ2v) is 7.03. The van der Waals surface area contributed by atoms with Crippen molar-refractivity contribution < 1.29 is 0 Å². The highest BCUT2D eigenvalue weighted by Crippen LogP contribution is 2.46. The fraction of sp³-hybridized carbons (Fsp3) is 0.667. The maximum absolute atomic E-state index is 4.06. The van der Waals surface area contributed by atoms with Crippen LogP contribution >= 0.6 is 0 Å². The van der Waals surface area contributed by atoms with Gasteiger partial charge in [0.05, 0.1) is 0 Å². The van der Waals surface area contributed by atoms with Crippen LogP contribution in [0.15, 0.2) is 24.3 Å². The Hall–Kier alpha value is -0.820. The molecular weight excluding hydrogens is 230 g/mol. The summed E-state index contributed by atoms with van der Waals surface area (Å²) in [6.45, 7) is 2.38. The predicted molar refractivity (Wildman–Crippen MR) is 79.2 cm³/mol. The number of nitrogens with one attached hydrogen (secondary N) is 1. The monoisotopic (exact) mass is 255 g/mol. The fourth-order valence-corrected chi connectivity index (χ4v) is 3.98. The Kier molecular flexibility index (Phi) is 2.91. The van der Waals surface area contributed by atoms with Gasteiger partial charge in [-0.05, 0) is 67.4 Å². The molecule has 0 amide bonds. The van der Waals surface area contributed by atoms with Gasteiger partial charge in [0.15, 0.2) is 0 Å². The van der Waals surface area contributed by atoms with Gasteiger partial charge in [-0.25, -0.2) is 0 Å². The summed E-state index contributed by atoms with van der Waals surface area (Å²) < 4.78 is 0. The van der Waals surface area contributed by atoms with E-state index in [9.17, 15) is 0 Å². The van der Waals surface area contributed by atoms with Crippen molar-refractivity contribution in [1.82, 2.24) is 5.32 Å². The SMILES string of the molecule is CC1CCC(NC(C2CC2)C2CC2)c2ccccc21. The Morgan fingerprint density at radius 1 is 0.895 bits per heavy atom. The predicted octanol–water partition coefficient (Wildman–Crippen LogP) is 4.40. The molecule has 0 aromatic heterocycles. The Bertz CT molecular complexity index is 447. The van der Waals surface area contributed by atoms with Crippen molar-refractivity contribution >= 4 is 0 Å². The minimum Gasteiger partial charge on any atom is -0.307 e. The van der Waals surface area contributed by atoms with Gasteiger partial charge in [-0.3, -0.25) is 0 Å². The number of benzene rings is 1. The maximum Gasteiger partial charge on any atom is 0.0325 e. The van der Waals surface area contributed by atoms with E-state index in [1.54, 1.807) is 11.1 Å². The minimum atomic E-state index is 0.624. The van der Waals surface area contributed by atoms with Crippen LogP contribution in [0.3, 0.4) is 0 Å². The van der Waals surface area contributed by atoms with Crippen molar-refractivity contribution in [3.63, 3.8) is 0 Å². The zero-order valence-corrected chi connectivity index (χ0v) is 11.9. The molecule has 1 aromatic carbocycles. The van der Waals surface area contributed by atoms with E-state index in [1.807, 2.05) is 0 Å². The van der Waals surface area contributed by atoms with Gasteiger partial charge >= 0.3 is 0 Å². The summed E-state index contributed by atoms with van der Waals surface area (Å²) in [6.07, 6.45) is 8.56. The van der Waals surface area contributed by atoms with Gasteiger partial charge in [-0.15, -0.1) is 0 Å². The lowest BCUT2D eigenvalue weighted by atomic mass is 9.80. The van der Waals surface area contributed by atoms with Crippen LogP contribution in [-0.2, 0) is 0 Å². The molecule has 0 heterocycles. The van der Waals surface area contributed by atoms with Gasteiger partial charge < -0.3 is 5.32 Å². The van der Waals surface area contributed by atoms with Gasteiger partial charge in [-0.1, -0.05) is 31.2 Å². The second-order valence-electron chi connectivity index (χ2n) is 7.03. The lowest BCUT2D eigenvalue weighted by Gasteiger charge is -2.33. The van der Waals surface area contributed by atoms with E-state index >= 15 is 0 Å². The van der Waals surface area contributed by atoms with E-state index in [0.717, 1.165) is 23.8 Å². The van der Waals surface area contributed by atoms with Crippen LogP contribution in [0.5, 0.6) is 0 Å².